The van der Waals surface area contributed by atoms with Crippen LogP contribution in [0.1, 0.15) is 38.5 Å². The van der Waals surface area contributed by atoms with Crippen LogP contribution in [0.4, 0.5) is 0 Å². The first-order chi connectivity index (χ1) is 8.19. The molecule has 4 nitrogen and oxygen atoms in total. The van der Waals surface area contributed by atoms with Crippen molar-refractivity contribution < 1.29 is 19.4 Å². The van der Waals surface area contributed by atoms with E-state index in [0.29, 0.717) is 0 Å². The molecule has 1 N–H and O–H groups in total. The maximum atomic E-state index is 10.8. The summed E-state index contributed by atoms with van der Waals surface area (Å²) in [6.07, 6.45) is 7.53. The van der Waals surface area contributed by atoms with E-state index in [-0.39, 0.29) is 12.4 Å². The Morgan fingerprint density at radius 3 is 2.12 bits per heavy atom. The molecular formula is C13H20O4. The Morgan fingerprint density at radius 1 is 1.12 bits per heavy atom. The molecular weight excluding hydrogens is 220 g/mol. The summed E-state index contributed by atoms with van der Waals surface area (Å²) in [4.78, 5) is 10.8. The molecule has 0 aromatic rings. The summed E-state index contributed by atoms with van der Waals surface area (Å²) in [7, 11) is 0. The molecule has 0 amide bonds. The molecule has 4 heteroatoms. The molecule has 4 aliphatic rings. The van der Waals surface area contributed by atoms with Crippen molar-refractivity contribution in [3.05, 3.63) is 0 Å². The van der Waals surface area contributed by atoms with E-state index in [9.17, 15) is 4.79 Å². The Morgan fingerprint density at radius 2 is 1.65 bits per heavy atom. The van der Waals surface area contributed by atoms with E-state index < -0.39 is 12.6 Å². The molecule has 4 rings (SSSR count). The molecule has 17 heavy (non-hydrogen) atoms. The van der Waals surface area contributed by atoms with Crippen LogP contribution in [0.5, 0.6) is 0 Å². The van der Waals surface area contributed by atoms with Gasteiger partial charge in [-0.25, -0.2) is 4.79 Å². The van der Waals surface area contributed by atoms with Crippen molar-refractivity contribution in [2.75, 3.05) is 13.4 Å². The number of carbonyl (C=O) groups excluding carboxylic acids is 1. The van der Waals surface area contributed by atoms with Crippen LogP contribution >= 0.6 is 0 Å². The zero-order chi connectivity index (χ0) is 11.9. The van der Waals surface area contributed by atoms with Gasteiger partial charge in [-0.3, -0.25) is 0 Å². The molecule has 0 aliphatic heterocycles. The average Bonchev–Trinajstić information content (AvgIpc) is 2.26. The number of aliphatic hydroxyl groups is 1. The van der Waals surface area contributed by atoms with Gasteiger partial charge in [0.1, 0.15) is 6.61 Å². The molecule has 0 heterocycles. The first kappa shape index (κ1) is 11.5. The molecule has 4 bridgehead atoms. The van der Waals surface area contributed by atoms with Gasteiger partial charge in [-0.1, -0.05) is 0 Å². The molecule has 0 unspecified atom stereocenters. The van der Waals surface area contributed by atoms with Gasteiger partial charge in [0.2, 0.25) is 0 Å². The minimum absolute atomic E-state index is 0.00551. The van der Waals surface area contributed by atoms with Gasteiger partial charge in [0.15, 0.2) is 6.79 Å². The van der Waals surface area contributed by atoms with Crippen molar-refractivity contribution in [3.8, 4) is 0 Å². The topological polar surface area (TPSA) is 55.8 Å². The van der Waals surface area contributed by atoms with E-state index in [1.54, 1.807) is 0 Å². The highest BCUT2D eigenvalue weighted by atomic mass is 16.7. The van der Waals surface area contributed by atoms with Crippen LogP contribution in [0.15, 0.2) is 0 Å². The number of hydrogen-bond donors (Lipinski definition) is 1. The van der Waals surface area contributed by atoms with Gasteiger partial charge in [0.25, 0.3) is 0 Å². The number of ether oxygens (including phenoxy) is 2. The van der Waals surface area contributed by atoms with Crippen LogP contribution in [-0.4, -0.2) is 30.1 Å². The Labute approximate surface area is 101 Å². The fourth-order valence-corrected chi connectivity index (χ4v) is 4.47. The standard InChI is InChI=1S/C13H20O4/c14-7-12(15)16-8-17-13-4-9-1-10(5-13)3-11(2-9)6-13/h9-11,14H,1-8H2. The van der Waals surface area contributed by atoms with E-state index in [4.69, 9.17) is 14.6 Å². The maximum Gasteiger partial charge on any atom is 0.333 e. The fourth-order valence-electron chi connectivity index (χ4n) is 4.47. The molecule has 4 aliphatic carbocycles. The third-order valence-electron chi connectivity index (χ3n) is 4.70. The van der Waals surface area contributed by atoms with Crippen molar-refractivity contribution >= 4 is 5.97 Å². The predicted molar refractivity (Wildman–Crippen MR) is 60.0 cm³/mol. The van der Waals surface area contributed by atoms with E-state index in [1.165, 1.54) is 19.3 Å². The lowest BCUT2D eigenvalue weighted by Gasteiger charge is -2.56. The largest absolute Gasteiger partial charge is 0.437 e. The summed E-state index contributed by atoms with van der Waals surface area (Å²) >= 11 is 0. The Bertz CT molecular complexity index is 277. The molecule has 0 aromatic heterocycles. The molecule has 0 spiro atoms. The fraction of sp³-hybridized carbons (Fsp3) is 0.923. The monoisotopic (exact) mass is 240 g/mol. The lowest BCUT2D eigenvalue weighted by atomic mass is 9.54. The lowest BCUT2D eigenvalue weighted by Crippen LogP contribution is -2.52. The van der Waals surface area contributed by atoms with Crippen molar-refractivity contribution in [2.24, 2.45) is 17.8 Å². The summed E-state index contributed by atoms with van der Waals surface area (Å²) in [6, 6.07) is 0. The predicted octanol–water partition coefficient (Wildman–Crippen LogP) is 1.46. The minimum atomic E-state index is -0.602. The van der Waals surface area contributed by atoms with E-state index in [0.717, 1.165) is 37.0 Å². The Kier molecular flexibility index (Phi) is 2.87. The number of esters is 1. The van der Waals surface area contributed by atoms with Gasteiger partial charge in [-0.2, -0.15) is 0 Å². The second-order valence-electron chi connectivity index (χ2n) is 6.04. The second-order valence-corrected chi connectivity index (χ2v) is 6.04. The third-order valence-corrected chi connectivity index (χ3v) is 4.70. The summed E-state index contributed by atoms with van der Waals surface area (Å²) in [6.45, 7) is -0.560. The molecule has 4 saturated carbocycles. The molecule has 0 aromatic carbocycles. The normalized spacial score (nSPS) is 42.8. The highest BCUT2D eigenvalue weighted by Gasteiger charge is 2.51. The van der Waals surface area contributed by atoms with Gasteiger partial charge in [0.05, 0.1) is 5.60 Å². The number of hydrogen-bond acceptors (Lipinski definition) is 4. The smallest absolute Gasteiger partial charge is 0.333 e. The third kappa shape index (κ3) is 2.20. The summed E-state index contributed by atoms with van der Waals surface area (Å²) in [5, 5.41) is 8.57. The summed E-state index contributed by atoms with van der Waals surface area (Å²) in [5.41, 5.74) is -0.0233. The molecule has 0 saturated heterocycles. The number of rotatable bonds is 4. The van der Waals surface area contributed by atoms with E-state index in [2.05, 4.69) is 0 Å². The van der Waals surface area contributed by atoms with Crippen LogP contribution in [0.25, 0.3) is 0 Å². The van der Waals surface area contributed by atoms with Gasteiger partial charge in [-0.15, -0.1) is 0 Å². The Hall–Kier alpha value is -0.610. The SMILES string of the molecule is O=C(CO)OCOC12CC3CC(CC(C3)C1)C2. The van der Waals surface area contributed by atoms with Gasteiger partial charge >= 0.3 is 5.97 Å². The van der Waals surface area contributed by atoms with Crippen molar-refractivity contribution in [1.82, 2.24) is 0 Å². The number of aliphatic hydroxyl groups excluding tert-OH is 1. The van der Waals surface area contributed by atoms with E-state index in [1.807, 2.05) is 0 Å². The number of carbonyl (C=O) groups is 1. The van der Waals surface area contributed by atoms with Crippen LogP contribution < -0.4 is 0 Å². The minimum Gasteiger partial charge on any atom is -0.437 e. The zero-order valence-corrected chi connectivity index (χ0v) is 10.1. The average molecular weight is 240 g/mol. The summed E-state index contributed by atoms with van der Waals surface area (Å²) in [5.74, 6) is 1.88. The van der Waals surface area contributed by atoms with Crippen molar-refractivity contribution in [3.63, 3.8) is 0 Å². The second kappa shape index (κ2) is 4.25. The first-order valence-electron chi connectivity index (χ1n) is 6.59. The molecule has 0 radical (unpaired) electrons. The molecule has 0 atom stereocenters. The van der Waals surface area contributed by atoms with Crippen molar-refractivity contribution in [2.45, 2.75) is 44.1 Å². The van der Waals surface area contributed by atoms with Gasteiger partial charge in [-0.05, 0) is 56.3 Å². The van der Waals surface area contributed by atoms with E-state index >= 15 is 0 Å². The quantitative estimate of drug-likeness (QED) is 0.597. The maximum absolute atomic E-state index is 10.8. The van der Waals surface area contributed by atoms with Gasteiger partial charge < -0.3 is 14.6 Å². The van der Waals surface area contributed by atoms with Crippen LogP contribution in [0, 0.1) is 17.8 Å². The highest BCUT2D eigenvalue weighted by molar-refractivity contribution is 5.70. The van der Waals surface area contributed by atoms with Crippen molar-refractivity contribution in [1.29, 1.82) is 0 Å². The first-order valence-corrected chi connectivity index (χ1v) is 6.59. The molecule has 4 fully saturated rings. The lowest BCUT2D eigenvalue weighted by molar-refractivity contribution is -0.211. The van der Waals surface area contributed by atoms with Crippen LogP contribution in [0.3, 0.4) is 0 Å². The van der Waals surface area contributed by atoms with Crippen LogP contribution in [0.2, 0.25) is 0 Å². The van der Waals surface area contributed by atoms with Gasteiger partial charge in [0, 0.05) is 0 Å². The Balaban J connectivity index is 1.57. The summed E-state index contributed by atoms with van der Waals surface area (Å²) < 4.78 is 10.7. The zero-order valence-electron chi connectivity index (χ0n) is 10.1. The molecule has 96 valence electrons. The highest BCUT2D eigenvalue weighted by Crippen LogP contribution is 2.57. The van der Waals surface area contributed by atoms with Crippen LogP contribution in [-0.2, 0) is 14.3 Å².